The molecule has 40 heavy (non-hydrogen) atoms. The van der Waals surface area contributed by atoms with Crippen molar-refractivity contribution in [3.05, 3.63) is 120 Å². The number of para-hydroxylation sites is 1. The molecule has 0 spiro atoms. The molecule has 1 nitrogen and oxygen atoms in total. The van der Waals surface area contributed by atoms with Crippen LogP contribution < -0.4 is 10.4 Å². The number of furan rings is 1. The molecule has 1 aliphatic rings. The van der Waals surface area contributed by atoms with Gasteiger partial charge in [0.15, 0.2) is 0 Å². The van der Waals surface area contributed by atoms with Crippen molar-refractivity contribution >= 4 is 76.4 Å². The van der Waals surface area contributed by atoms with Gasteiger partial charge in [0.2, 0.25) is 0 Å². The van der Waals surface area contributed by atoms with Crippen LogP contribution in [0.15, 0.2) is 114 Å². The fraction of sp³-hybridized carbons (Fsp3) is 0.0526. The summed E-state index contributed by atoms with van der Waals surface area (Å²) in [5, 5.41) is 10.4. The van der Waals surface area contributed by atoms with Gasteiger partial charge in [0.25, 0.3) is 0 Å². The smallest absolute Gasteiger partial charge is 0.136 e. The highest BCUT2D eigenvalue weighted by atomic mass is 32.1. The molecule has 2 heteroatoms. The first-order valence-corrected chi connectivity index (χ1v) is 14.7. The molecule has 0 bridgehead atoms. The Labute approximate surface area is 234 Å². The standard InChI is InChI=1S/C38H24OS/c1-2-10-23(11-3-1)35-25-12-4-6-14-27(25)36(28-15-7-5-13-26(28)35)24-18-21-34-31(22-24)29-19-20-33-37(38(29)40-34)30-16-8-9-17-32(30)39-33/h1-4,6,8-22H,5,7H2. The number of hydrogen-bond donors (Lipinski definition) is 0. The van der Waals surface area contributed by atoms with Crippen molar-refractivity contribution in [2.45, 2.75) is 12.8 Å². The molecule has 8 aromatic rings. The van der Waals surface area contributed by atoms with E-state index in [0.29, 0.717) is 0 Å². The molecule has 0 unspecified atom stereocenters. The van der Waals surface area contributed by atoms with Crippen LogP contribution in [0.25, 0.3) is 87.3 Å². The number of hydrogen-bond acceptors (Lipinski definition) is 2. The summed E-state index contributed by atoms with van der Waals surface area (Å²) in [5.41, 5.74) is 7.17. The second-order valence-corrected chi connectivity index (χ2v) is 11.8. The molecule has 1 aliphatic carbocycles. The SMILES string of the molecule is C1=c2c(-c3ccccc3)c3ccccc3c(-c3ccc4sc5c(ccc6oc7ccccc7c65)c4c3)c2=CCC1. The minimum absolute atomic E-state index is 0.950. The average molecular weight is 529 g/mol. The Hall–Kier alpha value is -4.66. The first-order chi connectivity index (χ1) is 19.8. The molecular weight excluding hydrogens is 504 g/mol. The lowest BCUT2D eigenvalue weighted by atomic mass is 9.86. The van der Waals surface area contributed by atoms with Crippen molar-refractivity contribution < 1.29 is 4.42 Å². The van der Waals surface area contributed by atoms with Crippen LogP contribution in [0.4, 0.5) is 0 Å². The van der Waals surface area contributed by atoms with Crippen molar-refractivity contribution in [2.75, 3.05) is 0 Å². The number of thiophene rings is 1. The van der Waals surface area contributed by atoms with Gasteiger partial charge >= 0.3 is 0 Å². The van der Waals surface area contributed by atoms with E-state index in [9.17, 15) is 0 Å². The zero-order valence-electron chi connectivity index (χ0n) is 21.8. The number of rotatable bonds is 2. The zero-order valence-corrected chi connectivity index (χ0v) is 22.6. The third kappa shape index (κ3) is 3.08. The fourth-order valence-corrected chi connectivity index (χ4v) is 8.02. The Morgan fingerprint density at radius 1 is 0.500 bits per heavy atom. The van der Waals surface area contributed by atoms with Gasteiger partial charge in [-0.05, 0) is 86.6 Å². The Morgan fingerprint density at radius 3 is 1.95 bits per heavy atom. The van der Waals surface area contributed by atoms with Crippen LogP contribution in [0.3, 0.4) is 0 Å². The van der Waals surface area contributed by atoms with Gasteiger partial charge in [0, 0.05) is 30.9 Å². The molecule has 0 aliphatic heterocycles. The molecule has 6 aromatic carbocycles. The van der Waals surface area contributed by atoms with Crippen LogP contribution in [0.1, 0.15) is 12.8 Å². The average Bonchev–Trinajstić information content (AvgIpc) is 3.58. The zero-order chi connectivity index (χ0) is 26.2. The maximum Gasteiger partial charge on any atom is 0.136 e. The van der Waals surface area contributed by atoms with Crippen molar-refractivity contribution in [1.29, 1.82) is 0 Å². The molecule has 2 heterocycles. The maximum absolute atomic E-state index is 6.21. The molecular formula is C38H24OS. The predicted octanol–water partition coefficient (Wildman–Crippen LogP) is 9.80. The Morgan fingerprint density at radius 2 is 1.18 bits per heavy atom. The predicted molar refractivity (Wildman–Crippen MR) is 172 cm³/mol. The first kappa shape index (κ1) is 22.2. The molecule has 0 atom stereocenters. The number of fused-ring (bicyclic) bond motifs is 9. The highest BCUT2D eigenvalue weighted by Gasteiger charge is 2.18. The van der Waals surface area contributed by atoms with Gasteiger partial charge in [-0.3, -0.25) is 0 Å². The molecule has 0 saturated heterocycles. The normalized spacial score (nSPS) is 13.2. The van der Waals surface area contributed by atoms with Crippen LogP contribution in [0.5, 0.6) is 0 Å². The molecule has 9 rings (SSSR count). The molecule has 0 saturated carbocycles. The largest absolute Gasteiger partial charge is 0.456 e. The Kier molecular flexibility index (Phi) is 4.67. The van der Waals surface area contributed by atoms with E-state index in [0.717, 1.165) is 24.0 Å². The van der Waals surface area contributed by atoms with E-state index in [1.807, 2.05) is 17.4 Å². The number of benzene rings is 6. The molecule has 0 radical (unpaired) electrons. The van der Waals surface area contributed by atoms with Crippen LogP contribution in [0, 0.1) is 0 Å². The summed E-state index contributed by atoms with van der Waals surface area (Å²) >= 11 is 1.87. The summed E-state index contributed by atoms with van der Waals surface area (Å²) in [6, 6.07) is 39.7. The summed E-state index contributed by atoms with van der Waals surface area (Å²) in [4.78, 5) is 0. The molecule has 2 aromatic heterocycles. The molecule has 0 N–H and O–H groups in total. The lowest BCUT2D eigenvalue weighted by Gasteiger charge is -2.17. The molecule has 0 fully saturated rings. The first-order valence-electron chi connectivity index (χ1n) is 13.9. The maximum atomic E-state index is 6.21. The summed E-state index contributed by atoms with van der Waals surface area (Å²) in [5.74, 6) is 0. The fourth-order valence-electron chi connectivity index (χ4n) is 6.78. The van der Waals surface area contributed by atoms with Gasteiger partial charge < -0.3 is 4.42 Å². The van der Waals surface area contributed by atoms with E-state index in [1.54, 1.807) is 0 Å². The Bertz CT molecular complexity index is 2420. The quantitative estimate of drug-likeness (QED) is 0.218. The minimum atomic E-state index is 0.950. The van der Waals surface area contributed by atoms with Crippen LogP contribution in [-0.2, 0) is 0 Å². The summed E-state index contributed by atoms with van der Waals surface area (Å²) in [6.45, 7) is 0. The van der Waals surface area contributed by atoms with Gasteiger partial charge in [-0.2, -0.15) is 0 Å². The van der Waals surface area contributed by atoms with E-state index < -0.39 is 0 Å². The van der Waals surface area contributed by atoms with E-state index in [4.69, 9.17) is 4.42 Å². The minimum Gasteiger partial charge on any atom is -0.456 e. The van der Waals surface area contributed by atoms with Crippen molar-refractivity contribution in [3.63, 3.8) is 0 Å². The Balaban J connectivity index is 1.38. The van der Waals surface area contributed by atoms with Crippen LogP contribution in [-0.4, -0.2) is 0 Å². The summed E-state index contributed by atoms with van der Waals surface area (Å²) in [6.07, 6.45) is 7.06. The second-order valence-electron chi connectivity index (χ2n) is 10.7. The van der Waals surface area contributed by atoms with E-state index in [2.05, 4.69) is 115 Å². The van der Waals surface area contributed by atoms with E-state index >= 15 is 0 Å². The van der Waals surface area contributed by atoms with Crippen LogP contribution >= 0.6 is 11.3 Å². The van der Waals surface area contributed by atoms with E-state index in [1.165, 1.54) is 74.4 Å². The van der Waals surface area contributed by atoms with Crippen LogP contribution in [0.2, 0.25) is 0 Å². The topological polar surface area (TPSA) is 13.1 Å². The van der Waals surface area contributed by atoms with E-state index in [-0.39, 0.29) is 0 Å². The van der Waals surface area contributed by atoms with Gasteiger partial charge in [0.05, 0.1) is 0 Å². The van der Waals surface area contributed by atoms with Gasteiger partial charge in [-0.25, -0.2) is 0 Å². The molecule has 188 valence electrons. The van der Waals surface area contributed by atoms with Gasteiger partial charge in [0.1, 0.15) is 11.2 Å². The molecule has 0 amide bonds. The third-order valence-corrected chi connectivity index (χ3v) is 9.69. The monoisotopic (exact) mass is 528 g/mol. The summed E-state index contributed by atoms with van der Waals surface area (Å²) < 4.78 is 8.82. The highest BCUT2D eigenvalue weighted by Crippen LogP contribution is 2.43. The van der Waals surface area contributed by atoms with Crippen molar-refractivity contribution in [1.82, 2.24) is 0 Å². The van der Waals surface area contributed by atoms with Crippen molar-refractivity contribution in [3.8, 4) is 22.3 Å². The summed E-state index contributed by atoms with van der Waals surface area (Å²) in [7, 11) is 0. The van der Waals surface area contributed by atoms with Crippen molar-refractivity contribution in [2.24, 2.45) is 0 Å². The highest BCUT2D eigenvalue weighted by molar-refractivity contribution is 7.26. The lowest BCUT2D eigenvalue weighted by Crippen LogP contribution is -2.31. The van der Waals surface area contributed by atoms with Gasteiger partial charge in [-0.15, -0.1) is 11.3 Å². The van der Waals surface area contributed by atoms with Gasteiger partial charge in [-0.1, -0.05) is 91.0 Å². The second kappa shape index (κ2) is 8.42. The lowest BCUT2D eigenvalue weighted by molar-refractivity contribution is 0.669. The third-order valence-electron chi connectivity index (χ3n) is 8.49.